The first kappa shape index (κ1) is 13.8. The number of hydrogen-bond donors (Lipinski definition) is 2. The Kier molecular flexibility index (Phi) is 4.26. The summed E-state index contributed by atoms with van der Waals surface area (Å²) in [4.78, 5) is 16.0. The smallest absolute Gasteiger partial charge is 0.224 e. The summed E-state index contributed by atoms with van der Waals surface area (Å²) in [6, 6.07) is 10.1. The molecule has 108 valence electrons. The lowest BCUT2D eigenvalue weighted by molar-refractivity contribution is -0.116. The van der Waals surface area contributed by atoms with Crippen LogP contribution in [0.2, 0.25) is 0 Å². The van der Waals surface area contributed by atoms with Crippen molar-refractivity contribution in [1.29, 1.82) is 0 Å². The first-order valence-corrected chi connectivity index (χ1v) is 7.32. The quantitative estimate of drug-likeness (QED) is 0.904. The van der Waals surface area contributed by atoms with Gasteiger partial charge in [-0.15, -0.1) is 0 Å². The Morgan fingerprint density at radius 2 is 2.05 bits per heavy atom. The van der Waals surface area contributed by atoms with Gasteiger partial charge in [-0.25, -0.2) is 0 Å². The van der Waals surface area contributed by atoms with Crippen molar-refractivity contribution in [2.24, 2.45) is 0 Å². The first-order valence-electron chi connectivity index (χ1n) is 7.32. The summed E-state index contributed by atoms with van der Waals surface area (Å²) in [7, 11) is 0. The van der Waals surface area contributed by atoms with Gasteiger partial charge in [0.1, 0.15) is 0 Å². The summed E-state index contributed by atoms with van der Waals surface area (Å²) in [5.74, 6) is 0.0514. The molecule has 3 rings (SSSR count). The zero-order chi connectivity index (χ0) is 14.5. The van der Waals surface area contributed by atoms with E-state index in [0.717, 1.165) is 37.2 Å². The molecular formula is C17H19N3O. The highest BCUT2D eigenvalue weighted by Gasteiger charge is 2.10. The van der Waals surface area contributed by atoms with Gasteiger partial charge >= 0.3 is 0 Å². The third-order valence-electron chi connectivity index (χ3n) is 3.77. The van der Waals surface area contributed by atoms with Gasteiger partial charge in [0.05, 0.1) is 0 Å². The normalized spacial score (nSPS) is 13.5. The molecule has 0 aliphatic carbocycles. The van der Waals surface area contributed by atoms with E-state index in [1.54, 1.807) is 12.4 Å². The van der Waals surface area contributed by atoms with E-state index in [-0.39, 0.29) is 5.91 Å². The van der Waals surface area contributed by atoms with Crippen LogP contribution in [0, 0.1) is 0 Å². The molecule has 0 atom stereocenters. The van der Waals surface area contributed by atoms with Gasteiger partial charge in [-0.05, 0) is 60.3 Å². The molecule has 1 aliphatic rings. The molecule has 2 heterocycles. The fraction of sp³-hybridized carbons (Fsp3) is 0.294. The molecule has 1 aliphatic heterocycles. The fourth-order valence-corrected chi connectivity index (χ4v) is 2.59. The highest BCUT2D eigenvalue weighted by Crippen LogP contribution is 2.19. The Hall–Kier alpha value is -2.20. The zero-order valence-electron chi connectivity index (χ0n) is 11.9. The molecule has 4 nitrogen and oxygen atoms in total. The number of hydrogen-bond acceptors (Lipinski definition) is 3. The predicted octanol–water partition coefficient (Wildman–Crippen LogP) is 2.30. The Morgan fingerprint density at radius 1 is 1.19 bits per heavy atom. The van der Waals surface area contributed by atoms with Gasteiger partial charge in [-0.2, -0.15) is 0 Å². The lowest BCUT2D eigenvalue weighted by atomic mass is 10.0. The van der Waals surface area contributed by atoms with Gasteiger partial charge in [-0.1, -0.05) is 6.07 Å². The van der Waals surface area contributed by atoms with E-state index in [1.165, 1.54) is 11.1 Å². The van der Waals surface area contributed by atoms with Crippen molar-refractivity contribution in [3.63, 3.8) is 0 Å². The second kappa shape index (κ2) is 6.50. The maximum Gasteiger partial charge on any atom is 0.224 e. The van der Waals surface area contributed by atoms with Crippen molar-refractivity contribution < 1.29 is 4.79 Å². The van der Waals surface area contributed by atoms with Crippen molar-refractivity contribution in [3.8, 4) is 0 Å². The minimum atomic E-state index is 0.0514. The third kappa shape index (κ3) is 3.67. The number of aryl methyl sites for hydroxylation is 1. The number of aromatic nitrogens is 1. The molecule has 0 fully saturated rings. The minimum Gasteiger partial charge on any atom is -0.326 e. The highest BCUT2D eigenvalue weighted by molar-refractivity contribution is 5.91. The zero-order valence-corrected chi connectivity index (χ0v) is 11.9. The van der Waals surface area contributed by atoms with E-state index in [9.17, 15) is 4.79 Å². The lowest BCUT2D eigenvalue weighted by Gasteiger charge is -2.18. The molecular weight excluding hydrogens is 262 g/mol. The SMILES string of the molecule is O=C(CCc1ccncc1)Nc1ccc2c(c1)CNCC2. The summed E-state index contributed by atoms with van der Waals surface area (Å²) in [5.41, 5.74) is 4.68. The molecule has 4 heteroatoms. The molecule has 2 N–H and O–H groups in total. The average molecular weight is 281 g/mol. The van der Waals surface area contributed by atoms with E-state index in [0.29, 0.717) is 6.42 Å². The van der Waals surface area contributed by atoms with E-state index in [2.05, 4.69) is 27.8 Å². The van der Waals surface area contributed by atoms with Crippen molar-refractivity contribution in [2.45, 2.75) is 25.8 Å². The number of anilines is 1. The van der Waals surface area contributed by atoms with Crippen molar-refractivity contribution in [2.75, 3.05) is 11.9 Å². The molecule has 1 aromatic carbocycles. The predicted molar refractivity (Wildman–Crippen MR) is 83.0 cm³/mol. The summed E-state index contributed by atoms with van der Waals surface area (Å²) < 4.78 is 0. The van der Waals surface area contributed by atoms with Crippen molar-refractivity contribution in [3.05, 3.63) is 59.4 Å². The number of rotatable bonds is 4. The average Bonchev–Trinajstić information content (AvgIpc) is 2.54. The number of carbonyl (C=O) groups is 1. The van der Waals surface area contributed by atoms with E-state index >= 15 is 0 Å². The Balaban J connectivity index is 1.57. The second-order valence-corrected chi connectivity index (χ2v) is 5.31. The Labute approximate surface area is 124 Å². The van der Waals surface area contributed by atoms with Crippen LogP contribution in [-0.2, 0) is 24.2 Å². The summed E-state index contributed by atoms with van der Waals surface area (Å²) in [6.45, 7) is 1.92. The first-order chi connectivity index (χ1) is 10.3. The van der Waals surface area contributed by atoms with Crippen LogP contribution in [0.1, 0.15) is 23.1 Å². The van der Waals surface area contributed by atoms with Crippen LogP contribution in [0.25, 0.3) is 0 Å². The number of benzene rings is 1. The largest absolute Gasteiger partial charge is 0.326 e. The monoisotopic (exact) mass is 281 g/mol. The number of carbonyl (C=O) groups excluding carboxylic acids is 1. The molecule has 2 aromatic rings. The second-order valence-electron chi connectivity index (χ2n) is 5.31. The molecule has 0 radical (unpaired) electrons. The molecule has 0 saturated heterocycles. The van der Waals surface area contributed by atoms with Crippen molar-refractivity contribution in [1.82, 2.24) is 10.3 Å². The van der Waals surface area contributed by atoms with Gasteiger partial charge in [0, 0.05) is 31.0 Å². The van der Waals surface area contributed by atoms with Crippen LogP contribution in [0.5, 0.6) is 0 Å². The summed E-state index contributed by atoms with van der Waals surface area (Å²) in [5, 5.41) is 6.33. The summed E-state index contributed by atoms with van der Waals surface area (Å²) in [6.07, 6.45) is 5.79. The molecule has 1 aromatic heterocycles. The van der Waals surface area contributed by atoms with Crippen LogP contribution in [0.3, 0.4) is 0 Å². The molecule has 0 saturated carbocycles. The van der Waals surface area contributed by atoms with Gasteiger partial charge < -0.3 is 10.6 Å². The molecule has 21 heavy (non-hydrogen) atoms. The van der Waals surface area contributed by atoms with Crippen LogP contribution in [0.4, 0.5) is 5.69 Å². The van der Waals surface area contributed by atoms with E-state index in [1.807, 2.05) is 18.2 Å². The fourth-order valence-electron chi connectivity index (χ4n) is 2.59. The van der Waals surface area contributed by atoms with Crippen LogP contribution < -0.4 is 10.6 Å². The van der Waals surface area contributed by atoms with Crippen LogP contribution in [0.15, 0.2) is 42.7 Å². The van der Waals surface area contributed by atoms with Gasteiger partial charge in [0.2, 0.25) is 5.91 Å². The van der Waals surface area contributed by atoms with Gasteiger partial charge in [0.25, 0.3) is 0 Å². The third-order valence-corrected chi connectivity index (χ3v) is 3.77. The molecule has 0 unspecified atom stereocenters. The number of amides is 1. The Bertz CT molecular complexity index is 625. The van der Waals surface area contributed by atoms with Crippen LogP contribution in [-0.4, -0.2) is 17.4 Å². The Morgan fingerprint density at radius 3 is 2.90 bits per heavy atom. The number of pyridine rings is 1. The highest BCUT2D eigenvalue weighted by atomic mass is 16.1. The van der Waals surface area contributed by atoms with Crippen LogP contribution >= 0.6 is 0 Å². The van der Waals surface area contributed by atoms with Crippen molar-refractivity contribution >= 4 is 11.6 Å². The van der Waals surface area contributed by atoms with Gasteiger partial charge in [0.15, 0.2) is 0 Å². The number of nitrogens with one attached hydrogen (secondary N) is 2. The maximum atomic E-state index is 12.0. The maximum absolute atomic E-state index is 12.0. The molecule has 1 amide bonds. The number of fused-ring (bicyclic) bond motifs is 1. The van der Waals surface area contributed by atoms with Gasteiger partial charge in [-0.3, -0.25) is 9.78 Å². The topological polar surface area (TPSA) is 54.0 Å². The molecule has 0 spiro atoms. The lowest BCUT2D eigenvalue weighted by Crippen LogP contribution is -2.23. The molecule has 0 bridgehead atoms. The standard InChI is InChI=1S/C17H19N3O/c21-17(4-1-13-5-8-18-9-6-13)20-16-3-2-14-7-10-19-12-15(14)11-16/h2-3,5-6,8-9,11,19H,1,4,7,10,12H2,(H,20,21). The minimum absolute atomic E-state index is 0.0514. The van der Waals surface area contributed by atoms with E-state index in [4.69, 9.17) is 0 Å². The number of nitrogens with zero attached hydrogens (tertiary/aromatic N) is 1. The summed E-state index contributed by atoms with van der Waals surface area (Å²) >= 11 is 0. The van der Waals surface area contributed by atoms with E-state index < -0.39 is 0 Å².